The Morgan fingerprint density at radius 1 is 0.667 bits per heavy atom. The Morgan fingerprint density at radius 2 is 1.06 bits per heavy atom. The second-order valence-corrected chi connectivity index (χ2v) is 10.5. The molecule has 0 spiro atoms. The maximum absolute atomic E-state index is 10.8. The minimum absolute atomic E-state index is 0. The zero-order chi connectivity index (χ0) is 23.8. The number of allylic oxidation sites excluding steroid dienone is 1. The molecular formula is C27H53KO4S. The van der Waals surface area contributed by atoms with Gasteiger partial charge in [-0.15, -0.1) is 0 Å². The predicted molar refractivity (Wildman–Crippen MR) is 137 cm³/mol. The third-order valence-electron chi connectivity index (χ3n) is 6.24. The van der Waals surface area contributed by atoms with Crippen LogP contribution in [0.1, 0.15) is 149 Å². The molecule has 192 valence electrons. The Kier molecular flexibility index (Phi) is 30.7. The second-order valence-electron chi connectivity index (χ2n) is 9.47. The van der Waals surface area contributed by atoms with E-state index in [-0.39, 0.29) is 63.9 Å². The van der Waals surface area contributed by atoms with Crippen LogP contribution in [0.4, 0.5) is 0 Å². The van der Waals surface area contributed by atoms with E-state index in [0.29, 0.717) is 0 Å². The first-order valence-corrected chi connectivity index (χ1v) is 15.1. The van der Waals surface area contributed by atoms with Crippen LogP contribution in [0.25, 0.3) is 0 Å². The van der Waals surface area contributed by atoms with E-state index in [2.05, 4.69) is 30.2 Å². The van der Waals surface area contributed by atoms with Crippen molar-refractivity contribution in [2.24, 2.45) is 5.92 Å². The van der Waals surface area contributed by atoms with Crippen LogP contribution in [-0.4, -0.2) is 19.6 Å². The van der Waals surface area contributed by atoms with Crippen molar-refractivity contribution < 1.29 is 68.5 Å². The Balaban J connectivity index is 0. The van der Waals surface area contributed by atoms with Gasteiger partial charge >= 0.3 is 51.4 Å². The van der Waals surface area contributed by atoms with E-state index in [9.17, 15) is 13.0 Å². The quantitative estimate of drug-likeness (QED) is 0.0504. The average molecular weight is 513 g/mol. The molecule has 0 radical (unpaired) electrons. The van der Waals surface area contributed by atoms with Crippen molar-refractivity contribution in [2.75, 3.05) is 6.61 Å². The van der Waals surface area contributed by atoms with Gasteiger partial charge in [-0.1, -0.05) is 142 Å². The molecule has 0 amide bonds. The molecule has 0 aromatic carbocycles. The fraction of sp³-hybridized carbons (Fsp3) is 0.926. The van der Waals surface area contributed by atoms with E-state index >= 15 is 0 Å². The van der Waals surface area contributed by atoms with Gasteiger partial charge in [0.05, 0.1) is 6.61 Å². The van der Waals surface area contributed by atoms with Gasteiger partial charge in [0.25, 0.3) is 0 Å². The van der Waals surface area contributed by atoms with Crippen molar-refractivity contribution in [3.05, 3.63) is 12.2 Å². The topological polar surface area (TPSA) is 66.4 Å². The van der Waals surface area contributed by atoms with Crippen LogP contribution in [0.15, 0.2) is 12.2 Å². The van der Waals surface area contributed by atoms with Gasteiger partial charge in [0.2, 0.25) is 10.4 Å². The molecule has 0 heterocycles. The molecule has 1 atom stereocenters. The minimum Gasteiger partial charge on any atom is -0.726 e. The van der Waals surface area contributed by atoms with E-state index in [1.165, 1.54) is 116 Å². The van der Waals surface area contributed by atoms with Gasteiger partial charge in [-0.25, -0.2) is 8.42 Å². The van der Waals surface area contributed by atoms with Crippen LogP contribution < -0.4 is 51.4 Å². The third-order valence-corrected chi connectivity index (χ3v) is 6.66. The summed E-state index contributed by atoms with van der Waals surface area (Å²) in [6.45, 7) is 4.48. The summed E-state index contributed by atoms with van der Waals surface area (Å²) in [5.41, 5.74) is 0. The molecule has 0 aromatic heterocycles. The minimum atomic E-state index is -4.61. The zero-order valence-corrected chi connectivity index (χ0v) is 26.3. The molecule has 0 rings (SSSR count). The molecule has 0 fully saturated rings. The molecule has 0 saturated carbocycles. The van der Waals surface area contributed by atoms with Crippen LogP contribution in [-0.2, 0) is 14.6 Å². The summed E-state index contributed by atoms with van der Waals surface area (Å²) in [5.74, 6) is 0.0198. The van der Waals surface area contributed by atoms with Gasteiger partial charge in [-0.3, -0.25) is 4.18 Å². The standard InChI is InChI=1S/C27H54O4S.K/c1-3-5-7-9-11-13-15-17-19-21-23-25-27(26-31-32(28,29)30)24-22-20-18-16-14-12-10-8-6-4-2;/h22,24,27H,3-21,23,25-26H2,1-2H3,(H,28,29,30);/q;+1/p-1/b24-22+;. The Hall–Kier alpha value is 1.25. The Morgan fingerprint density at radius 3 is 1.48 bits per heavy atom. The second kappa shape index (κ2) is 27.8. The van der Waals surface area contributed by atoms with Crippen LogP contribution in [0, 0.1) is 5.92 Å². The fourth-order valence-corrected chi connectivity index (χ4v) is 4.50. The molecule has 4 nitrogen and oxygen atoms in total. The average Bonchev–Trinajstić information content (AvgIpc) is 2.75. The van der Waals surface area contributed by atoms with Crippen molar-refractivity contribution >= 4 is 10.4 Å². The van der Waals surface area contributed by atoms with Crippen molar-refractivity contribution in [3.8, 4) is 0 Å². The number of hydrogen-bond donors (Lipinski definition) is 0. The SMILES string of the molecule is CCCCCCCCCC/C=C/C(CCCCCCCCCCCCC)COS(=O)(=O)[O-].[K+]. The van der Waals surface area contributed by atoms with Crippen molar-refractivity contribution in [1.29, 1.82) is 0 Å². The first-order valence-electron chi connectivity index (χ1n) is 13.8. The van der Waals surface area contributed by atoms with Gasteiger partial charge in [0.1, 0.15) is 0 Å². The van der Waals surface area contributed by atoms with Crippen LogP contribution in [0.5, 0.6) is 0 Å². The smallest absolute Gasteiger partial charge is 0.726 e. The van der Waals surface area contributed by atoms with Crippen molar-refractivity contribution in [2.45, 2.75) is 149 Å². The zero-order valence-electron chi connectivity index (χ0n) is 22.3. The summed E-state index contributed by atoms with van der Waals surface area (Å²) in [7, 11) is -4.61. The molecule has 0 N–H and O–H groups in total. The summed E-state index contributed by atoms with van der Waals surface area (Å²) in [6, 6.07) is 0. The number of unbranched alkanes of at least 4 members (excludes halogenated alkanes) is 18. The molecule has 0 aliphatic heterocycles. The van der Waals surface area contributed by atoms with Gasteiger partial charge in [0.15, 0.2) is 0 Å². The Bertz CT molecular complexity index is 508. The van der Waals surface area contributed by atoms with E-state index in [1.54, 1.807) is 0 Å². The molecule has 6 heteroatoms. The predicted octanol–water partition coefficient (Wildman–Crippen LogP) is 5.87. The van der Waals surface area contributed by atoms with Crippen LogP contribution in [0.3, 0.4) is 0 Å². The number of rotatable bonds is 25. The summed E-state index contributed by atoms with van der Waals surface area (Å²) in [5, 5.41) is 0. The summed E-state index contributed by atoms with van der Waals surface area (Å²) >= 11 is 0. The summed E-state index contributed by atoms with van der Waals surface area (Å²) in [6.07, 6.45) is 30.8. The van der Waals surface area contributed by atoms with Crippen molar-refractivity contribution in [3.63, 3.8) is 0 Å². The maximum atomic E-state index is 10.8. The van der Waals surface area contributed by atoms with E-state index in [4.69, 9.17) is 0 Å². The number of hydrogen-bond acceptors (Lipinski definition) is 4. The third kappa shape index (κ3) is 31.2. The van der Waals surface area contributed by atoms with Crippen LogP contribution >= 0.6 is 0 Å². The first-order chi connectivity index (χ1) is 15.5. The van der Waals surface area contributed by atoms with Gasteiger partial charge in [-0.2, -0.15) is 0 Å². The summed E-state index contributed by atoms with van der Waals surface area (Å²) in [4.78, 5) is 0. The molecule has 0 aliphatic carbocycles. The van der Waals surface area contributed by atoms with Crippen LogP contribution in [0.2, 0.25) is 0 Å². The van der Waals surface area contributed by atoms with Gasteiger partial charge < -0.3 is 4.55 Å². The largest absolute Gasteiger partial charge is 1.00 e. The Labute approximate surface area is 249 Å². The van der Waals surface area contributed by atoms with E-state index in [0.717, 1.165) is 19.3 Å². The molecular weight excluding hydrogens is 459 g/mol. The fourth-order valence-electron chi connectivity index (χ4n) is 4.16. The normalized spacial score (nSPS) is 12.8. The molecule has 0 aromatic rings. The van der Waals surface area contributed by atoms with Gasteiger partial charge in [0, 0.05) is 5.92 Å². The molecule has 33 heavy (non-hydrogen) atoms. The van der Waals surface area contributed by atoms with Gasteiger partial charge in [-0.05, 0) is 19.3 Å². The first kappa shape index (κ1) is 36.4. The van der Waals surface area contributed by atoms with Crippen molar-refractivity contribution in [1.82, 2.24) is 0 Å². The molecule has 1 unspecified atom stereocenters. The molecule has 0 bridgehead atoms. The maximum Gasteiger partial charge on any atom is 1.00 e. The molecule has 0 saturated heterocycles. The monoisotopic (exact) mass is 512 g/mol. The van der Waals surface area contributed by atoms with E-state index in [1.807, 2.05) is 0 Å². The summed E-state index contributed by atoms with van der Waals surface area (Å²) < 4.78 is 37.1. The van der Waals surface area contributed by atoms with E-state index < -0.39 is 10.4 Å². The molecule has 0 aliphatic rings.